The van der Waals surface area contributed by atoms with Crippen molar-refractivity contribution in [3.05, 3.63) is 78.5 Å². The van der Waals surface area contributed by atoms with Crippen molar-refractivity contribution >= 4 is 87.6 Å². The Bertz CT molecular complexity index is 2250. The maximum atomic E-state index is 13.9. The minimum Gasteiger partial charge on any atom is -0.442 e. The highest BCUT2D eigenvalue weighted by molar-refractivity contribution is 8.77. The first-order chi connectivity index (χ1) is 32.5. The number of benzene rings is 2. The van der Waals surface area contributed by atoms with Crippen molar-refractivity contribution in [1.29, 1.82) is 0 Å². The predicted molar refractivity (Wildman–Crippen MR) is 255 cm³/mol. The molecule has 0 saturated carbocycles. The van der Waals surface area contributed by atoms with Crippen LogP contribution in [-0.2, 0) is 56.6 Å². The lowest BCUT2D eigenvalue weighted by Gasteiger charge is -2.18. The van der Waals surface area contributed by atoms with Crippen molar-refractivity contribution < 1.29 is 44.0 Å². The molecule has 1 fully saturated rings. The number of aryl methyl sites for hydroxylation is 2. The number of esters is 1. The van der Waals surface area contributed by atoms with Crippen molar-refractivity contribution in [3.63, 3.8) is 0 Å². The summed E-state index contributed by atoms with van der Waals surface area (Å²) in [4.78, 5) is 51.8. The molecule has 2 aromatic carbocycles. The van der Waals surface area contributed by atoms with Crippen LogP contribution >= 0.6 is 21.6 Å². The van der Waals surface area contributed by atoms with Gasteiger partial charge in [-0.05, 0) is 93.0 Å². The third-order valence-electron chi connectivity index (χ3n) is 10.9. The lowest BCUT2D eigenvalue weighted by Crippen LogP contribution is -2.30. The summed E-state index contributed by atoms with van der Waals surface area (Å²) >= 11 is 0. The minimum absolute atomic E-state index is 0.0762. The van der Waals surface area contributed by atoms with Crippen LogP contribution in [0.15, 0.2) is 67.1 Å². The van der Waals surface area contributed by atoms with Crippen LogP contribution < -0.4 is 26.9 Å². The third-order valence-corrected chi connectivity index (χ3v) is 13.9. The van der Waals surface area contributed by atoms with Crippen molar-refractivity contribution in [3.8, 4) is 0 Å². The number of amides is 3. The van der Waals surface area contributed by atoms with E-state index in [0.29, 0.717) is 56.3 Å². The molecule has 3 aromatic heterocycles. The number of rotatable bonds is 28. The van der Waals surface area contributed by atoms with Crippen molar-refractivity contribution in [2.24, 2.45) is 5.92 Å². The number of carbonyl (C=O) groups excluding carboxylic acids is 4. The summed E-state index contributed by atoms with van der Waals surface area (Å²) in [5.74, 6) is -0.557. The summed E-state index contributed by atoms with van der Waals surface area (Å²) in [6, 6.07) is 12.7. The van der Waals surface area contributed by atoms with E-state index in [-0.39, 0.29) is 67.1 Å². The summed E-state index contributed by atoms with van der Waals surface area (Å²) in [7, 11) is 0.604. The molecule has 1 atom stereocenters. The zero-order valence-electron chi connectivity index (χ0n) is 37.1. The normalized spacial score (nSPS) is 13.4. The molecule has 0 spiro atoms. The van der Waals surface area contributed by atoms with Gasteiger partial charge in [0.15, 0.2) is 12.5 Å². The second-order valence-electron chi connectivity index (χ2n) is 16.2. The maximum Gasteiger partial charge on any atom is 0.488 e. The van der Waals surface area contributed by atoms with E-state index in [1.165, 1.54) is 41.6 Å². The number of anilines is 3. The molecule has 25 heteroatoms. The first-order valence-electron chi connectivity index (χ1n) is 22.4. The smallest absolute Gasteiger partial charge is 0.442 e. The first kappa shape index (κ1) is 50.8. The highest BCUT2D eigenvalue weighted by Gasteiger charge is 2.26. The average Bonchev–Trinajstić information content (AvgIpc) is 4.16. The molecule has 0 unspecified atom stereocenters. The van der Waals surface area contributed by atoms with E-state index in [1.54, 1.807) is 58.2 Å². The number of ether oxygens (including phenoxy) is 1. The summed E-state index contributed by atoms with van der Waals surface area (Å²) in [6.45, 7) is -0.121. The van der Waals surface area contributed by atoms with Crippen LogP contribution in [0.25, 0.3) is 0 Å². The van der Waals surface area contributed by atoms with Crippen molar-refractivity contribution in [1.82, 2.24) is 45.0 Å². The van der Waals surface area contributed by atoms with Crippen LogP contribution in [0.5, 0.6) is 0 Å². The molecule has 67 heavy (non-hydrogen) atoms. The highest BCUT2D eigenvalue weighted by atomic mass is 33.1. The number of hydrogen-bond donors (Lipinski definition) is 7. The molecule has 7 N–H and O–H groups in total. The van der Waals surface area contributed by atoms with Crippen LogP contribution in [-0.4, -0.2) is 114 Å². The monoisotopic (exact) mass is 958 g/mol. The van der Waals surface area contributed by atoms with Gasteiger partial charge < -0.3 is 40.8 Å². The van der Waals surface area contributed by atoms with Gasteiger partial charge in [-0.2, -0.15) is 0 Å². The second kappa shape index (κ2) is 26.7. The van der Waals surface area contributed by atoms with Gasteiger partial charge in [0, 0.05) is 41.6 Å². The van der Waals surface area contributed by atoms with E-state index in [1.807, 2.05) is 21.6 Å². The Balaban J connectivity index is 1.01. The number of nitrogens with zero attached hydrogens (tertiary/aromatic N) is 9. The molecule has 0 radical (unpaired) electrons. The fourth-order valence-electron chi connectivity index (χ4n) is 7.33. The van der Waals surface area contributed by atoms with Gasteiger partial charge >= 0.3 is 20.2 Å². The molecule has 0 aliphatic carbocycles. The lowest BCUT2D eigenvalue weighted by atomic mass is 9.80. The molecule has 5 aromatic rings. The minimum atomic E-state index is -1.65. The van der Waals surface area contributed by atoms with E-state index < -0.39 is 26.1 Å². The average molecular weight is 959 g/mol. The summed E-state index contributed by atoms with van der Waals surface area (Å²) in [6.07, 6.45) is 14.1. The Morgan fingerprint density at radius 2 is 1.27 bits per heavy atom. The third kappa shape index (κ3) is 17.2. The van der Waals surface area contributed by atoms with Gasteiger partial charge in [-0.15, -0.1) is 15.3 Å². The summed E-state index contributed by atoms with van der Waals surface area (Å²) in [5, 5.41) is 71.6. The van der Waals surface area contributed by atoms with Gasteiger partial charge in [0.2, 0.25) is 17.7 Å². The quantitative estimate of drug-likeness (QED) is 0.0164. The van der Waals surface area contributed by atoms with Gasteiger partial charge in [-0.1, -0.05) is 74.3 Å². The molecule has 356 valence electrons. The molecule has 4 heterocycles. The van der Waals surface area contributed by atoms with E-state index >= 15 is 0 Å². The molecule has 1 aliphatic rings. The zero-order valence-corrected chi connectivity index (χ0v) is 38.7. The van der Waals surface area contributed by atoms with Gasteiger partial charge in [0.1, 0.15) is 0 Å². The molecule has 21 nitrogen and oxygen atoms in total. The molecule has 1 saturated heterocycles. The molecule has 3 amide bonds. The SMILES string of the molecule is O=C(CCCCc1cnnn1CC(Cn1nncc1CCCCC(=O)Nc1cccc(B(O)O)c1)C(=O)OCn1cc(NC(=O)CCCCC[C@H]2CCSS2)nn1)Nc1cccc(B(O)O)c1. The van der Waals surface area contributed by atoms with E-state index in [9.17, 15) is 39.3 Å². The Labute approximate surface area is 396 Å². The van der Waals surface area contributed by atoms with Crippen LogP contribution in [0.3, 0.4) is 0 Å². The fourth-order valence-corrected chi connectivity index (χ4v) is 10.4. The van der Waals surface area contributed by atoms with E-state index in [0.717, 1.165) is 35.9 Å². The van der Waals surface area contributed by atoms with Crippen LogP contribution in [0.4, 0.5) is 17.2 Å². The number of nitrogens with one attached hydrogen (secondary N) is 3. The standard InChI is InChI=1S/C42H56B2N12O9S2/c57-39(47-33-12-8-10-31(22-33)43(61)62)18-6-4-14-35-24-45-51-55(35)26-30(27-56-36(25-46-52-56)15-5-7-19-40(58)48-34-13-9-11-32(23-34)44(63)64)42(60)65-29-54-28-38(50-53-54)49-41(59)17-3-1-2-16-37-20-21-66-67-37/h8-13,22-25,28,30,37,61-64H,1-7,14-21,26-27,29H2,(H,47,57)(H,48,58)(H,49,59)/t37-/m0/s1. The van der Waals surface area contributed by atoms with Crippen LogP contribution in [0.1, 0.15) is 88.4 Å². The highest BCUT2D eigenvalue weighted by Crippen LogP contribution is 2.40. The first-order valence-corrected chi connectivity index (χ1v) is 24.8. The zero-order chi connectivity index (χ0) is 47.4. The number of unbranched alkanes of at least 4 members (excludes halogenated alkanes) is 4. The Hall–Kier alpha value is -5.59. The Morgan fingerprint density at radius 1 is 0.716 bits per heavy atom. The molecule has 0 bridgehead atoms. The Kier molecular flexibility index (Phi) is 20.2. The van der Waals surface area contributed by atoms with E-state index in [2.05, 4.69) is 46.9 Å². The predicted octanol–water partition coefficient (Wildman–Crippen LogP) is 2.08. The molecule has 6 rings (SSSR count). The Morgan fingerprint density at radius 3 is 1.81 bits per heavy atom. The second-order valence-corrected chi connectivity index (χ2v) is 19.0. The molecular formula is C42H56B2N12O9S2. The summed E-state index contributed by atoms with van der Waals surface area (Å²) < 4.78 is 10.3. The summed E-state index contributed by atoms with van der Waals surface area (Å²) in [5.41, 5.74) is 2.92. The topological polar surface area (TPSA) is 287 Å². The number of carbonyl (C=O) groups is 4. The van der Waals surface area contributed by atoms with Gasteiger partial charge in [-0.25, -0.2) is 14.0 Å². The molecular weight excluding hydrogens is 902 g/mol. The van der Waals surface area contributed by atoms with Crippen molar-refractivity contribution in [2.75, 3.05) is 21.7 Å². The van der Waals surface area contributed by atoms with Crippen LogP contribution in [0.2, 0.25) is 0 Å². The van der Waals surface area contributed by atoms with Crippen molar-refractivity contribution in [2.45, 2.75) is 115 Å². The van der Waals surface area contributed by atoms with Gasteiger partial charge in [0.05, 0.1) is 49.0 Å². The largest absolute Gasteiger partial charge is 0.488 e. The number of aromatic nitrogens is 9. The van der Waals surface area contributed by atoms with Crippen LogP contribution in [0, 0.1) is 5.92 Å². The van der Waals surface area contributed by atoms with Gasteiger partial charge in [0.25, 0.3) is 0 Å². The molecule has 1 aliphatic heterocycles. The maximum absolute atomic E-state index is 13.9. The fraction of sp³-hybridized carbons (Fsp3) is 0.476. The van der Waals surface area contributed by atoms with E-state index in [4.69, 9.17) is 4.74 Å². The number of hydrogen-bond acceptors (Lipinski definition) is 17. The lowest BCUT2D eigenvalue weighted by molar-refractivity contribution is -0.154. The van der Waals surface area contributed by atoms with Gasteiger partial charge in [-0.3, -0.25) is 19.2 Å².